The van der Waals surface area contributed by atoms with E-state index in [0.717, 1.165) is 19.3 Å². The van der Waals surface area contributed by atoms with Crippen LogP contribution in [0.5, 0.6) is 0 Å². The summed E-state index contributed by atoms with van der Waals surface area (Å²) in [6, 6.07) is 1.05. The van der Waals surface area contributed by atoms with Crippen molar-refractivity contribution in [1.82, 2.24) is 4.90 Å². The van der Waals surface area contributed by atoms with Gasteiger partial charge in [-0.25, -0.2) is 0 Å². The maximum atomic E-state index is 12.8. The minimum absolute atomic E-state index is 0.0264. The van der Waals surface area contributed by atoms with Gasteiger partial charge in [-0.05, 0) is 56.4 Å². The van der Waals surface area contributed by atoms with E-state index in [2.05, 4.69) is 25.8 Å². The molecule has 7 atom stereocenters. The van der Waals surface area contributed by atoms with Crippen molar-refractivity contribution in [1.29, 1.82) is 0 Å². The molecule has 0 spiro atoms. The van der Waals surface area contributed by atoms with Crippen LogP contribution < -0.4 is 0 Å². The number of carbonyl (C=O) groups is 1. The van der Waals surface area contributed by atoms with Crippen molar-refractivity contribution in [2.45, 2.75) is 76.3 Å². The number of hydrogen-bond donors (Lipinski definition) is 2. The maximum absolute atomic E-state index is 12.8. The van der Waals surface area contributed by atoms with Crippen LogP contribution in [0.4, 0.5) is 0 Å². The van der Waals surface area contributed by atoms with Gasteiger partial charge in [-0.3, -0.25) is 4.79 Å². The Kier molecular flexibility index (Phi) is 3.56. The molecule has 3 saturated carbocycles. The molecule has 0 aromatic heterocycles. The minimum Gasteiger partial charge on any atom is -0.462 e. The van der Waals surface area contributed by atoms with E-state index in [1.54, 1.807) is 0 Å². The Morgan fingerprint density at radius 2 is 1.65 bits per heavy atom. The summed E-state index contributed by atoms with van der Waals surface area (Å²) < 4.78 is 5.83. The quantitative estimate of drug-likeness (QED) is 0.747. The highest BCUT2D eigenvalue weighted by Gasteiger charge is 2.64. The first-order chi connectivity index (χ1) is 10.8. The molecule has 3 aliphatic carbocycles. The molecule has 2 unspecified atom stereocenters. The van der Waals surface area contributed by atoms with Gasteiger partial charge in [0, 0.05) is 12.1 Å². The summed E-state index contributed by atoms with van der Waals surface area (Å²) in [5.74, 6) is -0.629. The van der Waals surface area contributed by atoms with Crippen molar-refractivity contribution >= 4 is 5.97 Å². The summed E-state index contributed by atoms with van der Waals surface area (Å²) in [5, 5.41) is 20.7. The van der Waals surface area contributed by atoms with Crippen molar-refractivity contribution in [3.05, 3.63) is 0 Å². The number of ether oxygens (including phenoxy) is 1. The standard InChI is InChI=1S/C18H29NO4/c1-18(2)12-8-13(18)15(20)16(21)14(12)17(22)23-11-6-9-4-5-10(7-11)19(9)3/h9-16,20-21H,4-8H2,1-3H3/t9?,10?,11?,12-,13+,14+,15+,16+/m1/s1. The van der Waals surface area contributed by atoms with Crippen molar-refractivity contribution in [2.75, 3.05) is 7.05 Å². The number of rotatable bonds is 2. The zero-order chi connectivity index (χ0) is 16.5. The van der Waals surface area contributed by atoms with Crippen LogP contribution in [0.15, 0.2) is 0 Å². The topological polar surface area (TPSA) is 70.0 Å². The Hall–Kier alpha value is -0.650. The maximum Gasteiger partial charge on any atom is 0.312 e. The molecule has 0 aromatic carbocycles. The number of carbonyl (C=O) groups excluding carboxylic acids is 1. The minimum atomic E-state index is -0.970. The largest absolute Gasteiger partial charge is 0.462 e. The molecule has 2 N–H and O–H groups in total. The van der Waals surface area contributed by atoms with Crippen molar-refractivity contribution in [3.63, 3.8) is 0 Å². The molecular weight excluding hydrogens is 294 g/mol. The van der Waals surface area contributed by atoms with E-state index in [4.69, 9.17) is 4.74 Å². The Labute approximate surface area is 138 Å². The van der Waals surface area contributed by atoms with E-state index in [9.17, 15) is 15.0 Å². The first-order valence-corrected chi connectivity index (χ1v) is 9.09. The summed E-state index contributed by atoms with van der Waals surface area (Å²) in [6.45, 7) is 4.19. The molecule has 0 amide bonds. The fraction of sp³-hybridized carbons (Fsp3) is 0.944. The normalized spacial score (nSPS) is 51.2. The van der Waals surface area contributed by atoms with Gasteiger partial charge >= 0.3 is 5.97 Å². The number of nitrogens with zero attached hydrogens (tertiary/aromatic N) is 1. The third-order valence-electron chi connectivity index (χ3n) is 7.59. The van der Waals surface area contributed by atoms with Gasteiger partial charge in [0.25, 0.3) is 0 Å². The summed E-state index contributed by atoms with van der Waals surface area (Å²) in [5.41, 5.74) is -0.0891. The molecule has 2 heterocycles. The van der Waals surface area contributed by atoms with E-state index in [0.29, 0.717) is 12.1 Å². The highest BCUT2D eigenvalue weighted by Crippen LogP contribution is 2.61. The number of fused-ring (bicyclic) bond motifs is 4. The van der Waals surface area contributed by atoms with Gasteiger partial charge in [0.1, 0.15) is 6.10 Å². The second-order valence-corrected chi connectivity index (χ2v) is 8.86. The number of piperidine rings is 1. The molecule has 2 saturated heterocycles. The Morgan fingerprint density at radius 1 is 1.04 bits per heavy atom. The van der Waals surface area contributed by atoms with Crippen LogP contribution in [0.25, 0.3) is 0 Å². The van der Waals surface area contributed by atoms with Crippen LogP contribution in [0, 0.1) is 23.2 Å². The lowest BCUT2D eigenvalue weighted by Gasteiger charge is -2.62. The second kappa shape index (κ2) is 5.17. The van der Waals surface area contributed by atoms with E-state index < -0.39 is 18.1 Å². The fourth-order valence-corrected chi connectivity index (χ4v) is 5.88. The number of esters is 1. The van der Waals surface area contributed by atoms with Gasteiger partial charge in [-0.1, -0.05) is 13.8 Å². The molecule has 130 valence electrons. The molecule has 0 aromatic rings. The van der Waals surface area contributed by atoms with Crippen LogP contribution in [-0.4, -0.2) is 58.5 Å². The van der Waals surface area contributed by atoms with Crippen LogP contribution in [-0.2, 0) is 9.53 Å². The third kappa shape index (κ3) is 2.19. The molecule has 0 radical (unpaired) electrons. The SMILES string of the molecule is CN1C2CCC1CC(OC(=O)[C@@H]1[C@H](O)[C@@H](O)[C@@H]3C[C@H]1C3(C)C)C2. The monoisotopic (exact) mass is 323 g/mol. The summed E-state index contributed by atoms with van der Waals surface area (Å²) in [4.78, 5) is 15.2. The van der Waals surface area contributed by atoms with Crippen molar-refractivity contribution < 1.29 is 19.7 Å². The lowest BCUT2D eigenvalue weighted by molar-refractivity contribution is -0.236. The Balaban J connectivity index is 1.45. The van der Waals surface area contributed by atoms with Gasteiger partial charge in [0.05, 0.1) is 18.1 Å². The van der Waals surface area contributed by atoms with Crippen molar-refractivity contribution in [2.24, 2.45) is 23.2 Å². The third-order valence-corrected chi connectivity index (χ3v) is 7.59. The lowest BCUT2D eigenvalue weighted by Crippen LogP contribution is -2.66. The van der Waals surface area contributed by atoms with E-state index in [-0.39, 0.29) is 29.3 Å². The molecule has 2 aliphatic heterocycles. The zero-order valence-electron chi connectivity index (χ0n) is 14.3. The molecule has 23 heavy (non-hydrogen) atoms. The highest BCUT2D eigenvalue weighted by atomic mass is 16.5. The van der Waals surface area contributed by atoms with E-state index >= 15 is 0 Å². The summed E-state index contributed by atoms with van der Waals surface area (Å²) >= 11 is 0. The zero-order valence-corrected chi connectivity index (χ0v) is 14.3. The fourth-order valence-electron chi connectivity index (χ4n) is 5.88. The predicted octanol–water partition coefficient (Wildman–Crippen LogP) is 1.17. The highest BCUT2D eigenvalue weighted by molar-refractivity contribution is 5.74. The van der Waals surface area contributed by atoms with Crippen LogP contribution >= 0.6 is 0 Å². The lowest BCUT2D eigenvalue weighted by atomic mass is 9.44. The van der Waals surface area contributed by atoms with Gasteiger partial charge in [0.2, 0.25) is 0 Å². The molecule has 5 heteroatoms. The smallest absolute Gasteiger partial charge is 0.312 e. The Bertz CT molecular complexity index is 493. The average Bonchev–Trinajstić information content (AvgIpc) is 2.71. The summed E-state index contributed by atoms with van der Waals surface area (Å²) in [7, 11) is 2.17. The first kappa shape index (κ1) is 15.9. The molecule has 5 nitrogen and oxygen atoms in total. The van der Waals surface area contributed by atoms with Gasteiger partial charge in [-0.2, -0.15) is 0 Å². The van der Waals surface area contributed by atoms with E-state index in [1.165, 1.54) is 12.8 Å². The van der Waals surface area contributed by atoms with Gasteiger partial charge in [0.15, 0.2) is 0 Å². The molecular formula is C18H29NO4. The first-order valence-electron chi connectivity index (χ1n) is 9.09. The van der Waals surface area contributed by atoms with Crippen LogP contribution in [0.1, 0.15) is 46.0 Å². The average molecular weight is 323 g/mol. The summed E-state index contributed by atoms with van der Waals surface area (Å²) in [6.07, 6.45) is 3.21. The molecule has 5 fully saturated rings. The number of hydrogen-bond acceptors (Lipinski definition) is 5. The molecule has 5 rings (SSSR count). The molecule has 5 aliphatic rings. The van der Waals surface area contributed by atoms with Gasteiger partial charge < -0.3 is 19.8 Å². The Morgan fingerprint density at radius 3 is 2.22 bits per heavy atom. The second-order valence-electron chi connectivity index (χ2n) is 8.86. The van der Waals surface area contributed by atoms with E-state index in [1.807, 2.05) is 0 Å². The van der Waals surface area contributed by atoms with Crippen molar-refractivity contribution in [3.8, 4) is 0 Å². The number of aliphatic hydroxyl groups excluding tert-OH is 2. The van der Waals surface area contributed by atoms with Gasteiger partial charge in [-0.15, -0.1) is 0 Å². The predicted molar refractivity (Wildman–Crippen MR) is 84.6 cm³/mol. The van der Waals surface area contributed by atoms with Crippen LogP contribution in [0.2, 0.25) is 0 Å². The number of aliphatic hydroxyl groups is 2. The molecule has 4 bridgehead atoms. The van der Waals surface area contributed by atoms with Crippen LogP contribution in [0.3, 0.4) is 0 Å².